The number of aryl methyl sites for hydroxylation is 3. The third kappa shape index (κ3) is 5.13. The van der Waals surface area contributed by atoms with Crippen molar-refractivity contribution in [3.8, 4) is 10.6 Å². The van der Waals surface area contributed by atoms with E-state index in [1.807, 2.05) is 32.9 Å². The molecule has 2 rings (SSSR count). The molecule has 0 fully saturated rings. The first-order chi connectivity index (χ1) is 11.9. The van der Waals surface area contributed by atoms with Crippen LogP contribution in [0.25, 0.3) is 10.6 Å². The predicted molar refractivity (Wildman–Crippen MR) is 102 cm³/mol. The maximum absolute atomic E-state index is 12.4. The van der Waals surface area contributed by atoms with Crippen LogP contribution in [-0.2, 0) is 4.79 Å². The van der Waals surface area contributed by atoms with Crippen molar-refractivity contribution >= 4 is 23.2 Å². The standard InChI is InChI=1S/C19H25N3O2S/c1-5-9-20-16(23)8-10-21-18(24)17-14(4)22-19(25-17)15-7-6-12(2)11-13(15)3/h6-7,11H,5,8-10H2,1-4H3,(H,20,23)(H,21,24). The summed E-state index contributed by atoms with van der Waals surface area (Å²) in [6.07, 6.45) is 1.19. The van der Waals surface area contributed by atoms with Gasteiger partial charge in [-0.1, -0.05) is 30.7 Å². The zero-order chi connectivity index (χ0) is 18.4. The number of thiazole rings is 1. The van der Waals surface area contributed by atoms with Crippen molar-refractivity contribution in [3.63, 3.8) is 0 Å². The fraction of sp³-hybridized carbons (Fsp3) is 0.421. The molecule has 0 unspecified atom stereocenters. The highest BCUT2D eigenvalue weighted by Gasteiger charge is 2.17. The first-order valence-electron chi connectivity index (χ1n) is 8.52. The number of benzene rings is 1. The van der Waals surface area contributed by atoms with Gasteiger partial charge >= 0.3 is 0 Å². The van der Waals surface area contributed by atoms with Crippen molar-refractivity contribution in [2.75, 3.05) is 13.1 Å². The summed E-state index contributed by atoms with van der Waals surface area (Å²) in [6.45, 7) is 8.94. The summed E-state index contributed by atoms with van der Waals surface area (Å²) in [5, 5.41) is 6.45. The molecule has 0 saturated heterocycles. The van der Waals surface area contributed by atoms with Crippen molar-refractivity contribution in [3.05, 3.63) is 39.9 Å². The molecule has 5 nitrogen and oxygen atoms in total. The normalized spacial score (nSPS) is 10.6. The molecule has 0 aliphatic rings. The number of carbonyl (C=O) groups is 2. The maximum atomic E-state index is 12.4. The van der Waals surface area contributed by atoms with Crippen LogP contribution in [0.1, 0.15) is 46.3 Å². The molecule has 0 bridgehead atoms. The van der Waals surface area contributed by atoms with Gasteiger partial charge in [0.2, 0.25) is 5.91 Å². The molecule has 2 aromatic rings. The van der Waals surface area contributed by atoms with Crippen LogP contribution >= 0.6 is 11.3 Å². The van der Waals surface area contributed by atoms with E-state index < -0.39 is 0 Å². The number of nitrogens with one attached hydrogen (secondary N) is 2. The molecule has 2 amide bonds. The van der Waals surface area contributed by atoms with Gasteiger partial charge in [0.15, 0.2) is 0 Å². The summed E-state index contributed by atoms with van der Waals surface area (Å²) in [6, 6.07) is 6.21. The van der Waals surface area contributed by atoms with Crippen LogP contribution in [-0.4, -0.2) is 29.9 Å². The molecular weight excluding hydrogens is 334 g/mol. The first kappa shape index (κ1) is 19.1. The summed E-state index contributed by atoms with van der Waals surface area (Å²) < 4.78 is 0. The van der Waals surface area contributed by atoms with Gasteiger partial charge in [-0.15, -0.1) is 11.3 Å². The number of hydrogen-bond donors (Lipinski definition) is 2. The molecule has 1 heterocycles. The molecule has 1 aromatic carbocycles. The fourth-order valence-corrected chi connectivity index (χ4v) is 3.57. The summed E-state index contributed by atoms with van der Waals surface area (Å²) in [5.41, 5.74) is 4.12. The maximum Gasteiger partial charge on any atom is 0.263 e. The quantitative estimate of drug-likeness (QED) is 0.796. The second kappa shape index (κ2) is 8.76. The summed E-state index contributed by atoms with van der Waals surface area (Å²) >= 11 is 1.39. The van der Waals surface area contributed by atoms with Gasteiger partial charge in [0.05, 0.1) is 5.69 Å². The zero-order valence-corrected chi connectivity index (χ0v) is 16.0. The van der Waals surface area contributed by atoms with E-state index in [2.05, 4.69) is 28.6 Å². The van der Waals surface area contributed by atoms with E-state index in [1.54, 1.807) is 0 Å². The van der Waals surface area contributed by atoms with Crippen molar-refractivity contribution in [2.24, 2.45) is 0 Å². The number of amides is 2. The molecule has 0 radical (unpaired) electrons. The van der Waals surface area contributed by atoms with Crippen molar-refractivity contribution in [2.45, 2.75) is 40.5 Å². The largest absolute Gasteiger partial charge is 0.356 e. The van der Waals surface area contributed by atoms with Crippen LogP contribution in [0, 0.1) is 20.8 Å². The second-order valence-corrected chi connectivity index (χ2v) is 7.11. The Bertz CT molecular complexity index is 768. The third-order valence-corrected chi connectivity index (χ3v) is 5.01. The number of carbonyl (C=O) groups excluding carboxylic acids is 2. The lowest BCUT2D eigenvalue weighted by Gasteiger charge is -2.05. The fourth-order valence-electron chi connectivity index (χ4n) is 2.50. The smallest absolute Gasteiger partial charge is 0.263 e. The van der Waals surface area contributed by atoms with Gasteiger partial charge < -0.3 is 10.6 Å². The summed E-state index contributed by atoms with van der Waals surface area (Å²) in [7, 11) is 0. The highest BCUT2D eigenvalue weighted by Crippen LogP contribution is 2.30. The van der Waals surface area contributed by atoms with Crippen LogP contribution in [0.5, 0.6) is 0 Å². The van der Waals surface area contributed by atoms with Gasteiger partial charge in [0, 0.05) is 25.1 Å². The van der Waals surface area contributed by atoms with E-state index in [-0.39, 0.29) is 18.2 Å². The Morgan fingerprint density at radius 2 is 1.88 bits per heavy atom. The Labute approximate surface area is 152 Å². The molecule has 1 aromatic heterocycles. The lowest BCUT2D eigenvalue weighted by molar-refractivity contribution is -0.120. The van der Waals surface area contributed by atoms with Crippen LogP contribution in [0.2, 0.25) is 0 Å². The molecule has 0 aliphatic heterocycles. The average molecular weight is 359 g/mol. The molecule has 0 aliphatic carbocycles. The van der Waals surface area contributed by atoms with Crippen LogP contribution in [0.3, 0.4) is 0 Å². The van der Waals surface area contributed by atoms with E-state index in [4.69, 9.17) is 0 Å². The first-order valence-corrected chi connectivity index (χ1v) is 9.34. The zero-order valence-electron chi connectivity index (χ0n) is 15.2. The number of rotatable bonds is 7. The lowest BCUT2D eigenvalue weighted by atomic mass is 10.1. The van der Waals surface area contributed by atoms with Crippen LogP contribution in [0.15, 0.2) is 18.2 Å². The number of aromatic nitrogens is 1. The van der Waals surface area contributed by atoms with Crippen LogP contribution < -0.4 is 10.6 Å². The SMILES string of the molecule is CCCNC(=O)CCNC(=O)c1sc(-c2ccc(C)cc2C)nc1C. The van der Waals surface area contributed by atoms with Gasteiger partial charge in [-0.3, -0.25) is 9.59 Å². The van der Waals surface area contributed by atoms with Gasteiger partial charge in [-0.05, 0) is 32.8 Å². The Kier molecular flexibility index (Phi) is 6.70. The minimum Gasteiger partial charge on any atom is -0.356 e. The molecule has 0 saturated carbocycles. The highest BCUT2D eigenvalue weighted by atomic mass is 32.1. The van der Waals surface area contributed by atoms with Crippen molar-refractivity contribution in [1.82, 2.24) is 15.6 Å². The Morgan fingerprint density at radius 1 is 1.12 bits per heavy atom. The lowest BCUT2D eigenvalue weighted by Crippen LogP contribution is -2.30. The van der Waals surface area contributed by atoms with E-state index in [0.717, 1.165) is 22.6 Å². The van der Waals surface area contributed by atoms with Crippen LogP contribution in [0.4, 0.5) is 0 Å². The third-order valence-electron chi connectivity index (χ3n) is 3.82. The molecule has 134 valence electrons. The average Bonchev–Trinajstić information content (AvgIpc) is 2.94. The molecule has 0 atom stereocenters. The molecule has 0 spiro atoms. The molecular formula is C19H25N3O2S. The van der Waals surface area contributed by atoms with E-state index >= 15 is 0 Å². The molecule has 25 heavy (non-hydrogen) atoms. The van der Waals surface area contributed by atoms with E-state index in [0.29, 0.717) is 23.7 Å². The van der Waals surface area contributed by atoms with Gasteiger partial charge in [0.1, 0.15) is 9.88 Å². The van der Waals surface area contributed by atoms with E-state index in [1.165, 1.54) is 16.9 Å². The highest BCUT2D eigenvalue weighted by molar-refractivity contribution is 7.17. The Balaban J connectivity index is 2.02. The molecule has 2 N–H and O–H groups in total. The summed E-state index contributed by atoms with van der Waals surface area (Å²) in [5.74, 6) is -0.214. The number of nitrogens with zero attached hydrogens (tertiary/aromatic N) is 1. The summed E-state index contributed by atoms with van der Waals surface area (Å²) in [4.78, 5) is 29.1. The monoisotopic (exact) mass is 359 g/mol. The minimum atomic E-state index is -0.172. The van der Waals surface area contributed by atoms with E-state index in [9.17, 15) is 9.59 Å². The molecule has 6 heteroatoms. The van der Waals surface area contributed by atoms with Gasteiger partial charge in [-0.2, -0.15) is 0 Å². The second-order valence-electron chi connectivity index (χ2n) is 6.11. The Morgan fingerprint density at radius 3 is 2.56 bits per heavy atom. The minimum absolute atomic E-state index is 0.0425. The Hall–Kier alpha value is -2.21. The van der Waals surface area contributed by atoms with Crippen molar-refractivity contribution in [1.29, 1.82) is 0 Å². The van der Waals surface area contributed by atoms with Gasteiger partial charge in [-0.25, -0.2) is 4.98 Å². The van der Waals surface area contributed by atoms with Gasteiger partial charge in [0.25, 0.3) is 5.91 Å². The predicted octanol–water partition coefficient (Wildman–Crippen LogP) is 3.38. The van der Waals surface area contributed by atoms with Crippen molar-refractivity contribution < 1.29 is 9.59 Å². The topological polar surface area (TPSA) is 71.1 Å². The number of hydrogen-bond acceptors (Lipinski definition) is 4.